The molecular weight excluding hydrogens is 212 g/mol. The molecule has 0 saturated carbocycles. The zero-order chi connectivity index (χ0) is 11.7. The highest BCUT2D eigenvalue weighted by atomic mass is 19.1. The minimum Gasteiger partial charge on any atom is -0.342 e. The number of benzene rings is 1. The summed E-state index contributed by atoms with van der Waals surface area (Å²) in [6.07, 6.45) is 0.683. The van der Waals surface area contributed by atoms with E-state index in [1.807, 2.05) is 19.0 Å². The number of nitrogens with zero attached hydrogens (tertiary/aromatic N) is 2. The number of halogens is 2. The molecule has 2 rings (SSSR count). The maximum absolute atomic E-state index is 13.3. The van der Waals surface area contributed by atoms with E-state index in [1.54, 1.807) is 0 Å². The van der Waals surface area contributed by atoms with Crippen LogP contribution in [-0.2, 0) is 6.42 Å². The van der Waals surface area contributed by atoms with Crippen LogP contribution in [0.4, 0.5) is 8.78 Å². The lowest BCUT2D eigenvalue weighted by atomic mass is 10.3. The van der Waals surface area contributed by atoms with Gasteiger partial charge < -0.3 is 9.88 Å². The maximum Gasteiger partial charge on any atom is 0.153 e. The zero-order valence-corrected chi connectivity index (χ0v) is 9.22. The maximum atomic E-state index is 13.3. The SMILES string of the molecule is CN(C)CCc1nc2c(F)cc(F)cc2[nH]1. The van der Waals surface area contributed by atoms with Crippen LogP contribution in [-0.4, -0.2) is 35.5 Å². The van der Waals surface area contributed by atoms with Gasteiger partial charge in [0, 0.05) is 19.0 Å². The largest absolute Gasteiger partial charge is 0.342 e. The Hall–Kier alpha value is -1.49. The van der Waals surface area contributed by atoms with Gasteiger partial charge in [-0.15, -0.1) is 0 Å². The third-order valence-corrected chi connectivity index (χ3v) is 2.35. The number of hydrogen-bond acceptors (Lipinski definition) is 2. The molecule has 16 heavy (non-hydrogen) atoms. The van der Waals surface area contributed by atoms with Gasteiger partial charge in [0.2, 0.25) is 0 Å². The molecule has 0 radical (unpaired) electrons. The van der Waals surface area contributed by atoms with Crippen LogP contribution in [0, 0.1) is 11.6 Å². The van der Waals surface area contributed by atoms with E-state index >= 15 is 0 Å². The molecule has 1 heterocycles. The molecule has 0 amide bonds. The summed E-state index contributed by atoms with van der Waals surface area (Å²) < 4.78 is 26.3. The Morgan fingerprint density at radius 1 is 1.31 bits per heavy atom. The highest BCUT2D eigenvalue weighted by Crippen LogP contribution is 2.17. The van der Waals surface area contributed by atoms with Crippen LogP contribution in [0.25, 0.3) is 11.0 Å². The Bertz CT molecular complexity index is 505. The fourth-order valence-corrected chi connectivity index (χ4v) is 1.54. The van der Waals surface area contributed by atoms with Crippen molar-refractivity contribution < 1.29 is 8.78 Å². The predicted octanol–water partition coefficient (Wildman–Crippen LogP) is 1.95. The van der Waals surface area contributed by atoms with Crippen molar-refractivity contribution in [2.45, 2.75) is 6.42 Å². The van der Waals surface area contributed by atoms with Crippen LogP contribution in [0.3, 0.4) is 0 Å². The van der Waals surface area contributed by atoms with Crippen molar-refractivity contribution in [3.63, 3.8) is 0 Å². The van der Waals surface area contributed by atoms with Crippen LogP contribution < -0.4 is 0 Å². The third kappa shape index (κ3) is 2.19. The fraction of sp³-hybridized carbons (Fsp3) is 0.364. The van der Waals surface area contributed by atoms with Crippen molar-refractivity contribution >= 4 is 11.0 Å². The van der Waals surface area contributed by atoms with Crippen LogP contribution >= 0.6 is 0 Å². The third-order valence-electron chi connectivity index (χ3n) is 2.35. The van der Waals surface area contributed by atoms with Crippen molar-refractivity contribution in [3.05, 3.63) is 29.6 Å². The Balaban J connectivity index is 2.33. The quantitative estimate of drug-likeness (QED) is 0.865. The number of aromatic nitrogens is 2. The molecule has 0 fully saturated rings. The van der Waals surface area contributed by atoms with Gasteiger partial charge in [0.25, 0.3) is 0 Å². The molecule has 1 aromatic heterocycles. The number of aromatic amines is 1. The Labute approximate surface area is 92.1 Å². The summed E-state index contributed by atoms with van der Waals surface area (Å²) in [5.74, 6) is -0.539. The van der Waals surface area contributed by atoms with Gasteiger partial charge in [-0.05, 0) is 20.2 Å². The molecule has 0 atom stereocenters. The molecular formula is C11H13F2N3. The second-order valence-corrected chi connectivity index (χ2v) is 4.02. The second-order valence-electron chi connectivity index (χ2n) is 4.02. The smallest absolute Gasteiger partial charge is 0.153 e. The number of likely N-dealkylation sites (N-methyl/N-ethyl adjacent to an activating group) is 1. The molecule has 3 nitrogen and oxygen atoms in total. The van der Waals surface area contributed by atoms with E-state index in [9.17, 15) is 8.78 Å². The molecule has 0 aliphatic heterocycles. The van der Waals surface area contributed by atoms with Gasteiger partial charge in [-0.25, -0.2) is 13.8 Å². The second kappa shape index (κ2) is 4.17. The van der Waals surface area contributed by atoms with Crippen molar-refractivity contribution in [2.24, 2.45) is 0 Å². The molecule has 86 valence electrons. The normalized spacial score (nSPS) is 11.6. The summed E-state index contributed by atoms with van der Waals surface area (Å²) in [5, 5.41) is 0. The molecule has 5 heteroatoms. The lowest BCUT2D eigenvalue weighted by Crippen LogP contribution is -2.15. The lowest BCUT2D eigenvalue weighted by Gasteiger charge is -2.06. The summed E-state index contributed by atoms with van der Waals surface area (Å²) in [7, 11) is 3.89. The van der Waals surface area contributed by atoms with Gasteiger partial charge >= 0.3 is 0 Å². The van der Waals surface area contributed by atoms with Crippen molar-refractivity contribution in [2.75, 3.05) is 20.6 Å². The molecule has 1 N–H and O–H groups in total. The molecule has 2 aromatic rings. The number of H-pyrrole nitrogens is 1. The first-order valence-electron chi connectivity index (χ1n) is 5.04. The minimum absolute atomic E-state index is 0.204. The van der Waals surface area contributed by atoms with E-state index in [2.05, 4.69) is 9.97 Å². The first kappa shape index (κ1) is 11.0. The average Bonchev–Trinajstić information content (AvgIpc) is 2.57. The zero-order valence-electron chi connectivity index (χ0n) is 9.22. The van der Waals surface area contributed by atoms with Crippen LogP contribution in [0.5, 0.6) is 0 Å². The number of fused-ring (bicyclic) bond motifs is 1. The predicted molar refractivity (Wildman–Crippen MR) is 58.3 cm³/mol. The number of imidazole rings is 1. The highest BCUT2D eigenvalue weighted by molar-refractivity contribution is 5.75. The lowest BCUT2D eigenvalue weighted by molar-refractivity contribution is 0.410. The van der Waals surface area contributed by atoms with Gasteiger partial charge in [0.1, 0.15) is 17.2 Å². The molecule has 0 saturated heterocycles. The average molecular weight is 225 g/mol. The fourth-order valence-electron chi connectivity index (χ4n) is 1.54. The Kier molecular flexibility index (Phi) is 2.87. The molecule has 0 spiro atoms. The van der Waals surface area contributed by atoms with Crippen molar-refractivity contribution in [3.8, 4) is 0 Å². The van der Waals surface area contributed by atoms with Crippen LogP contribution in [0.15, 0.2) is 12.1 Å². The highest BCUT2D eigenvalue weighted by Gasteiger charge is 2.09. The Morgan fingerprint density at radius 3 is 2.75 bits per heavy atom. The first-order chi connectivity index (χ1) is 7.56. The summed E-state index contributed by atoms with van der Waals surface area (Å²) >= 11 is 0. The Morgan fingerprint density at radius 2 is 2.06 bits per heavy atom. The molecule has 0 aliphatic carbocycles. The molecule has 0 unspecified atom stereocenters. The summed E-state index contributed by atoms with van der Waals surface area (Å²) in [4.78, 5) is 9.02. The van der Waals surface area contributed by atoms with Crippen LogP contribution in [0.2, 0.25) is 0 Å². The van der Waals surface area contributed by atoms with E-state index in [0.717, 1.165) is 12.6 Å². The monoisotopic (exact) mass is 225 g/mol. The first-order valence-corrected chi connectivity index (χ1v) is 5.04. The van der Waals surface area contributed by atoms with Gasteiger partial charge in [-0.3, -0.25) is 0 Å². The van der Waals surface area contributed by atoms with E-state index < -0.39 is 11.6 Å². The molecule has 0 bridgehead atoms. The number of hydrogen-bond donors (Lipinski definition) is 1. The summed E-state index contributed by atoms with van der Waals surface area (Å²) in [6.45, 7) is 0.809. The summed E-state index contributed by atoms with van der Waals surface area (Å²) in [6, 6.07) is 2.10. The van der Waals surface area contributed by atoms with Crippen molar-refractivity contribution in [1.29, 1.82) is 0 Å². The standard InChI is InChI=1S/C11H13F2N3/c1-16(2)4-3-10-14-9-6-7(12)5-8(13)11(9)15-10/h5-6H,3-4H2,1-2H3,(H,14,15). The van der Waals surface area contributed by atoms with Crippen LogP contribution in [0.1, 0.15) is 5.82 Å². The van der Waals surface area contributed by atoms with Gasteiger partial charge in [-0.1, -0.05) is 0 Å². The van der Waals surface area contributed by atoms with E-state index in [4.69, 9.17) is 0 Å². The number of rotatable bonds is 3. The van der Waals surface area contributed by atoms with Gasteiger partial charge in [0.05, 0.1) is 5.52 Å². The topological polar surface area (TPSA) is 31.9 Å². The molecule has 1 aromatic carbocycles. The van der Waals surface area contributed by atoms with E-state index in [1.165, 1.54) is 6.07 Å². The minimum atomic E-state index is -0.623. The van der Waals surface area contributed by atoms with Gasteiger partial charge in [0.15, 0.2) is 5.82 Å². The van der Waals surface area contributed by atoms with Gasteiger partial charge in [-0.2, -0.15) is 0 Å². The number of nitrogens with one attached hydrogen (secondary N) is 1. The van der Waals surface area contributed by atoms with Crippen molar-refractivity contribution in [1.82, 2.24) is 14.9 Å². The van der Waals surface area contributed by atoms with E-state index in [0.29, 0.717) is 17.8 Å². The summed E-state index contributed by atoms with van der Waals surface area (Å²) in [5.41, 5.74) is 0.612. The van der Waals surface area contributed by atoms with E-state index in [-0.39, 0.29) is 5.52 Å². The molecule has 0 aliphatic rings.